The standard InChI is InChI=1S/C15H21NO5/c1-4-7-12(15(18)20-5-2)21-14(17)10-8-6-9-11(19-3)13(10)16/h6,8-9,12H,4-5,7,16H2,1-3H3. The molecule has 1 rings (SSSR count). The van der Waals surface area contributed by atoms with Crippen LogP contribution in [-0.4, -0.2) is 31.8 Å². The van der Waals surface area contributed by atoms with Crippen LogP contribution < -0.4 is 10.5 Å². The zero-order valence-corrected chi connectivity index (χ0v) is 12.5. The maximum absolute atomic E-state index is 12.2. The zero-order valence-electron chi connectivity index (χ0n) is 12.5. The van der Waals surface area contributed by atoms with Crippen LogP contribution in [0.1, 0.15) is 37.0 Å². The van der Waals surface area contributed by atoms with Crippen LogP contribution in [0.15, 0.2) is 18.2 Å². The number of benzene rings is 1. The molecule has 1 atom stereocenters. The highest BCUT2D eigenvalue weighted by molar-refractivity contribution is 5.97. The molecule has 1 aromatic carbocycles. The lowest BCUT2D eigenvalue weighted by Gasteiger charge is -2.16. The smallest absolute Gasteiger partial charge is 0.347 e. The number of carbonyl (C=O) groups is 2. The molecule has 2 N–H and O–H groups in total. The Balaban J connectivity index is 2.89. The van der Waals surface area contributed by atoms with Crippen LogP contribution in [0.5, 0.6) is 5.75 Å². The van der Waals surface area contributed by atoms with E-state index in [-0.39, 0.29) is 17.9 Å². The SMILES string of the molecule is CCCC(OC(=O)c1cccc(OC)c1N)C(=O)OCC. The van der Waals surface area contributed by atoms with Crippen molar-refractivity contribution in [3.63, 3.8) is 0 Å². The number of nitrogen functional groups attached to an aromatic ring is 1. The normalized spacial score (nSPS) is 11.6. The third-order valence-electron chi connectivity index (χ3n) is 2.86. The molecule has 0 amide bonds. The van der Waals surface area contributed by atoms with Crippen LogP contribution in [0.25, 0.3) is 0 Å². The Labute approximate surface area is 124 Å². The van der Waals surface area contributed by atoms with E-state index in [4.69, 9.17) is 19.9 Å². The highest BCUT2D eigenvalue weighted by atomic mass is 16.6. The minimum atomic E-state index is -0.923. The summed E-state index contributed by atoms with van der Waals surface area (Å²) >= 11 is 0. The molecule has 6 nitrogen and oxygen atoms in total. The lowest BCUT2D eigenvalue weighted by atomic mass is 10.1. The minimum absolute atomic E-state index is 0.166. The summed E-state index contributed by atoms with van der Waals surface area (Å²) in [7, 11) is 1.46. The van der Waals surface area contributed by atoms with Gasteiger partial charge in [-0.2, -0.15) is 0 Å². The first kappa shape index (κ1) is 16.8. The van der Waals surface area contributed by atoms with E-state index >= 15 is 0 Å². The van der Waals surface area contributed by atoms with Crippen molar-refractivity contribution in [1.82, 2.24) is 0 Å². The van der Waals surface area contributed by atoms with Crippen LogP contribution in [0.2, 0.25) is 0 Å². The third kappa shape index (κ3) is 4.37. The van der Waals surface area contributed by atoms with Gasteiger partial charge in [-0.15, -0.1) is 0 Å². The molecular weight excluding hydrogens is 274 g/mol. The Morgan fingerprint density at radius 2 is 2.00 bits per heavy atom. The molecule has 116 valence electrons. The largest absolute Gasteiger partial charge is 0.495 e. The summed E-state index contributed by atoms with van der Waals surface area (Å²) in [5.74, 6) is -0.834. The van der Waals surface area contributed by atoms with E-state index in [0.29, 0.717) is 18.6 Å². The Morgan fingerprint density at radius 3 is 2.57 bits per heavy atom. The summed E-state index contributed by atoms with van der Waals surface area (Å²) in [6.07, 6.45) is 0.159. The molecule has 0 aliphatic rings. The number of ether oxygens (including phenoxy) is 3. The molecule has 21 heavy (non-hydrogen) atoms. The van der Waals surface area contributed by atoms with Crippen LogP contribution in [0, 0.1) is 0 Å². The molecule has 0 aliphatic heterocycles. The fourth-order valence-electron chi connectivity index (χ4n) is 1.81. The van der Waals surface area contributed by atoms with Gasteiger partial charge < -0.3 is 19.9 Å². The number of nitrogens with two attached hydrogens (primary N) is 1. The Hall–Kier alpha value is -2.24. The average molecular weight is 295 g/mol. The monoisotopic (exact) mass is 295 g/mol. The van der Waals surface area contributed by atoms with Crippen molar-refractivity contribution < 1.29 is 23.8 Å². The lowest BCUT2D eigenvalue weighted by Crippen LogP contribution is -2.29. The van der Waals surface area contributed by atoms with Crippen LogP contribution in [-0.2, 0) is 14.3 Å². The van der Waals surface area contributed by atoms with Gasteiger partial charge in [0.15, 0.2) is 6.10 Å². The van der Waals surface area contributed by atoms with Crippen molar-refractivity contribution in [2.75, 3.05) is 19.5 Å². The summed E-state index contributed by atoms with van der Waals surface area (Å²) in [4.78, 5) is 23.9. The zero-order chi connectivity index (χ0) is 15.8. The van der Waals surface area contributed by atoms with Gasteiger partial charge in [0.05, 0.1) is 25.0 Å². The van der Waals surface area contributed by atoms with Gasteiger partial charge in [0.25, 0.3) is 0 Å². The van der Waals surface area contributed by atoms with E-state index in [1.807, 2.05) is 6.92 Å². The molecule has 0 saturated carbocycles. The van der Waals surface area contributed by atoms with Crippen molar-refractivity contribution in [2.24, 2.45) is 0 Å². The van der Waals surface area contributed by atoms with E-state index in [2.05, 4.69) is 0 Å². The van der Waals surface area contributed by atoms with Gasteiger partial charge in [-0.05, 0) is 25.5 Å². The van der Waals surface area contributed by atoms with Crippen molar-refractivity contribution >= 4 is 17.6 Å². The van der Waals surface area contributed by atoms with Crippen molar-refractivity contribution in [3.05, 3.63) is 23.8 Å². The number of hydrogen-bond donors (Lipinski definition) is 1. The van der Waals surface area contributed by atoms with E-state index in [9.17, 15) is 9.59 Å². The Morgan fingerprint density at radius 1 is 1.29 bits per heavy atom. The molecule has 0 radical (unpaired) electrons. The number of hydrogen-bond acceptors (Lipinski definition) is 6. The molecule has 1 aromatic rings. The predicted octanol–water partition coefficient (Wildman–Crippen LogP) is 2.17. The van der Waals surface area contributed by atoms with Gasteiger partial charge in [0, 0.05) is 0 Å². The number of carbonyl (C=O) groups excluding carboxylic acids is 2. The van der Waals surface area contributed by atoms with Crippen LogP contribution in [0.3, 0.4) is 0 Å². The number of esters is 2. The average Bonchev–Trinajstić information content (AvgIpc) is 2.47. The molecule has 0 bridgehead atoms. The quantitative estimate of drug-likeness (QED) is 0.612. The molecule has 0 fully saturated rings. The van der Waals surface area contributed by atoms with Gasteiger partial charge >= 0.3 is 11.9 Å². The number of para-hydroxylation sites is 1. The van der Waals surface area contributed by atoms with E-state index in [1.165, 1.54) is 13.2 Å². The lowest BCUT2D eigenvalue weighted by molar-refractivity contribution is -0.153. The molecular formula is C15H21NO5. The second-order valence-electron chi connectivity index (χ2n) is 4.36. The third-order valence-corrected chi connectivity index (χ3v) is 2.86. The number of methoxy groups -OCH3 is 1. The van der Waals surface area contributed by atoms with Gasteiger partial charge in [0.1, 0.15) is 5.75 Å². The molecule has 6 heteroatoms. The molecule has 0 aromatic heterocycles. The number of anilines is 1. The molecule has 1 unspecified atom stereocenters. The fraction of sp³-hybridized carbons (Fsp3) is 0.467. The topological polar surface area (TPSA) is 87.9 Å². The molecule has 0 spiro atoms. The van der Waals surface area contributed by atoms with Crippen molar-refractivity contribution in [1.29, 1.82) is 0 Å². The highest BCUT2D eigenvalue weighted by Crippen LogP contribution is 2.25. The number of rotatable bonds is 7. The van der Waals surface area contributed by atoms with Crippen LogP contribution >= 0.6 is 0 Å². The predicted molar refractivity (Wildman–Crippen MR) is 78.2 cm³/mol. The maximum Gasteiger partial charge on any atom is 0.347 e. The molecule has 0 aliphatic carbocycles. The minimum Gasteiger partial charge on any atom is -0.495 e. The maximum atomic E-state index is 12.2. The van der Waals surface area contributed by atoms with E-state index < -0.39 is 18.0 Å². The highest BCUT2D eigenvalue weighted by Gasteiger charge is 2.25. The van der Waals surface area contributed by atoms with Gasteiger partial charge in [-0.1, -0.05) is 19.4 Å². The summed E-state index contributed by atoms with van der Waals surface area (Å²) < 4.78 is 15.2. The first-order valence-electron chi connectivity index (χ1n) is 6.85. The van der Waals surface area contributed by atoms with Gasteiger partial charge in [-0.3, -0.25) is 0 Å². The van der Waals surface area contributed by atoms with E-state index in [1.54, 1.807) is 19.1 Å². The van der Waals surface area contributed by atoms with Crippen molar-refractivity contribution in [2.45, 2.75) is 32.8 Å². The first-order valence-corrected chi connectivity index (χ1v) is 6.85. The second kappa shape index (κ2) is 8.14. The Kier molecular flexibility index (Phi) is 6.52. The summed E-state index contributed by atoms with van der Waals surface area (Å²) in [6, 6.07) is 4.79. The summed E-state index contributed by atoms with van der Waals surface area (Å²) in [5, 5.41) is 0. The van der Waals surface area contributed by atoms with Crippen molar-refractivity contribution in [3.8, 4) is 5.75 Å². The molecule has 0 saturated heterocycles. The first-order chi connectivity index (χ1) is 10.0. The second-order valence-corrected chi connectivity index (χ2v) is 4.36. The van der Waals surface area contributed by atoms with Gasteiger partial charge in [-0.25, -0.2) is 9.59 Å². The van der Waals surface area contributed by atoms with E-state index in [0.717, 1.165) is 0 Å². The van der Waals surface area contributed by atoms with Gasteiger partial charge in [0.2, 0.25) is 0 Å². The fourth-order valence-corrected chi connectivity index (χ4v) is 1.81. The summed E-state index contributed by atoms with van der Waals surface area (Å²) in [5.41, 5.74) is 6.19. The summed E-state index contributed by atoms with van der Waals surface area (Å²) in [6.45, 7) is 3.82. The molecule has 0 heterocycles. The van der Waals surface area contributed by atoms with Crippen LogP contribution in [0.4, 0.5) is 5.69 Å². The Bertz CT molecular complexity index is 501.